The highest BCUT2D eigenvalue weighted by Gasteiger charge is 2.51. The van der Waals surface area contributed by atoms with E-state index in [9.17, 15) is 24.0 Å². The van der Waals surface area contributed by atoms with Gasteiger partial charge in [0.15, 0.2) is 16.6 Å². The van der Waals surface area contributed by atoms with Gasteiger partial charge in [-0.05, 0) is 79.1 Å². The predicted octanol–water partition coefficient (Wildman–Crippen LogP) is 8.23. The fourth-order valence-electron chi connectivity index (χ4n) is 10.2. The van der Waals surface area contributed by atoms with E-state index in [2.05, 4.69) is 87.6 Å². The number of carbonyl (C=O) groups excluding carboxylic acids is 1. The lowest BCUT2D eigenvalue weighted by atomic mass is 9.90. The van der Waals surface area contributed by atoms with E-state index in [4.69, 9.17) is 48.9 Å². The van der Waals surface area contributed by atoms with Crippen LogP contribution in [0.3, 0.4) is 0 Å². The van der Waals surface area contributed by atoms with Crippen molar-refractivity contribution in [1.82, 2.24) is 38.3 Å². The Morgan fingerprint density at radius 2 is 1.37 bits per heavy atom. The fraction of sp³-hybridized carbons (Fsp3) is 0.527. The Hall–Kier alpha value is -5.18. The number of ether oxygens (including phenoxy) is 3. The molecule has 426 valence electrons. The summed E-state index contributed by atoms with van der Waals surface area (Å²) in [4.78, 5) is 82.0. The standard InChI is InChI=1S/C55H75N8O12PSSi2/c1-33-28-61(52(67)58-49(33)64)44-26-40(43(73-44)32-71-78(10,11)54(3,4)5)74-76(77,70-31-42-41(75-79(12,13)55(6,7)8)27-45(72-42)62-29-34(2)50(65)59-53(62)68)63-38-22-18-17-21-36(38)37-25-39(51(66)69-9)60(30-35-19-15-14-16-20-35)47(46(37)63)48-56-23-24-57-48/h14-24,28-29,39-45,47H,25-27,30-32H2,1-13H3,(H,56,57)(H,58,64,67)(H,59,65,68)/t39-,40-,41-,42+,43+,44+,45+,47-,76?/m0/s1. The highest BCUT2D eigenvalue weighted by Crippen LogP contribution is 2.60. The van der Waals surface area contributed by atoms with Crippen molar-refractivity contribution in [2.75, 3.05) is 20.3 Å². The lowest BCUT2D eigenvalue weighted by molar-refractivity contribution is -0.148. The molecule has 2 fully saturated rings. The molecule has 6 aromatic rings. The van der Waals surface area contributed by atoms with Crippen LogP contribution < -0.4 is 22.5 Å². The van der Waals surface area contributed by atoms with E-state index >= 15 is 0 Å². The molecule has 4 aromatic heterocycles. The number of benzene rings is 2. The van der Waals surface area contributed by atoms with Gasteiger partial charge in [-0.15, -0.1) is 0 Å². The Kier molecular flexibility index (Phi) is 16.5. The van der Waals surface area contributed by atoms with Crippen molar-refractivity contribution in [2.45, 2.75) is 166 Å². The van der Waals surface area contributed by atoms with Crippen molar-refractivity contribution in [3.63, 3.8) is 0 Å². The second-order valence-electron chi connectivity index (χ2n) is 24.1. The molecule has 24 heteroatoms. The molecule has 2 aromatic carbocycles. The molecule has 1 unspecified atom stereocenters. The minimum Gasteiger partial charge on any atom is -0.468 e. The van der Waals surface area contributed by atoms with Gasteiger partial charge in [-0.25, -0.2) is 14.6 Å². The first-order valence-electron chi connectivity index (χ1n) is 26.8. The summed E-state index contributed by atoms with van der Waals surface area (Å²) in [6.07, 6.45) is 2.07. The molecule has 0 bridgehead atoms. The van der Waals surface area contributed by atoms with E-state index < -0.39 is 101 Å². The molecule has 0 saturated carbocycles. The average Bonchev–Trinajstić information content (AvgIpc) is 3.95. The number of hydrogen-bond donors (Lipinski definition) is 3. The number of para-hydroxylation sites is 1. The van der Waals surface area contributed by atoms with Gasteiger partial charge in [-0.2, -0.15) is 0 Å². The summed E-state index contributed by atoms with van der Waals surface area (Å²) in [7, 11) is -3.61. The first-order chi connectivity index (χ1) is 37.1. The summed E-state index contributed by atoms with van der Waals surface area (Å²) in [6.45, 7) is 20.9. The average molecular weight is 1160 g/mol. The van der Waals surface area contributed by atoms with Crippen LogP contribution in [0.5, 0.6) is 0 Å². The number of nitrogens with zero attached hydrogens (tertiary/aromatic N) is 5. The summed E-state index contributed by atoms with van der Waals surface area (Å²) >= 11 is 7.13. The molecule has 0 amide bonds. The molecule has 0 aliphatic carbocycles. The molecule has 79 heavy (non-hydrogen) atoms. The van der Waals surface area contributed by atoms with Crippen molar-refractivity contribution in [1.29, 1.82) is 0 Å². The zero-order chi connectivity index (χ0) is 57.1. The van der Waals surface area contributed by atoms with Crippen molar-refractivity contribution in [3.8, 4) is 0 Å². The highest BCUT2D eigenvalue weighted by atomic mass is 32.5. The van der Waals surface area contributed by atoms with Crippen LogP contribution in [0, 0.1) is 13.8 Å². The molecule has 9 atom stereocenters. The molecule has 0 radical (unpaired) electrons. The Labute approximate surface area is 466 Å². The number of H-pyrrole nitrogens is 3. The van der Waals surface area contributed by atoms with E-state index in [0.717, 1.165) is 16.5 Å². The minimum atomic E-state index is -4.08. The fourth-order valence-corrected chi connectivity index (χ4v) is 15.7. The van der Waals surface area contributed by atoms with Crippen LogP contribution in [0.1, 0.15) is 107 Å². The third kappa shape index (κ3) is 11.7. The van der Waals surface area contributed by atoms with Gasteiger partial charge in [-0.1, -0.05) is 90.1 Å². The number of nitrogens with one attached hydrogen (secondary N) is 3. The van der Waals surface area contributed by atoms with Gasteiger partial charge < -0.3 is 37.1 Å². The van der Waals surface area contributed by atoms with Crippen LogP contribution in [-0.2, 0) is 61.7 Å². The summed E-state index contributed by atoms with van der Waals surface area (Å²) in [5.74, 6) is 0.103. The number of aromatic amines is 3. The monoisotopic (exact) mass is 1160 g/mol. The number of imidazole rings is 1. The lowest BCUT2D eigenvalue weighted by Crippen LogP contribution is -2.49. The van der Waals surface area contributed by atoms with Gasteiger partial charge in [0.2, 0.25) is 0 Å². The SMILES string of the molecule is COC(=O)[C@@H]1Cc2c(n(P(=S)(OC[C@H]3O[C@@H](n4cc(C)c(=O)[nH]c4=O)C[C@@H]3O[Si](C)(C)C(C)(C)C)O[C@H]3C[C@H](n4cc(C)c(=O)[nH]c4=O)O[C@@H]3CO[Si](C)(C)C(C)(C)C)c3ccccc23)[C@@H](c2ncc[nH]2)N1Cc1ccccc1. The quantitative estimate of drug-likeness (QED) is 0.0444. The Morgan fingerprint density at radius 1 is 0.797 bits per heavy atom. The molecule has 3 N–H and O–H groups in total. The summed E-state index contributed by atoms with van der Waals surface area (Å²) in [6, 6.07) is 16.1. The molecule has 3 aliphatic rings. The van der Waals surface area contributed by atoms with Crippen molar-refractivity contribution in [3.05, 3.63) is 155 Å². The number of aromatic nitrogens is 7. The number of fused-ring (bicyclic) bond motifs is 3. The Balaban J connectivity index is 1.24. The lowest BCUT2D eigenvalue weighted by Gasteiger charge is -2.42. The zero-order valence-electron chi connectivity index (χ0n) is 47.4. The van der Waals surface area contributed by atoms with Crippen LogP contribution in [0.2, 0.25) is 36.3 Å². The Bertz CT molecular complexity index is 3490. The van der Waals surface area contributed by atoms with Gasteiger partial charge in [0, 0.05) is 67.1 Å². The van der Waals surface area contributed by atoms with Crippen LogP contribution in [0.15, 0.2) is 98.6 Å². The number of rotatable bonds is 17. The summed E-state index contributed by atoms with van der Waals surface area (Å²) < 4.78 is 53.1. The first kappa shape index (κ1) is 58.5. The number of aryl methyl sites for hydroxylation is 2. The van der Waals surface area contributed by atoms with Gasteiger partial charge in [-0.3, -0.25) is 42.7 Å². The van der Waals surface area contributed by atoms with E-state index in [1.165, 1.54) is 28.6 Å². The number of carbonyl (C=O) groups is 1. The van der Waals surface area contributed by atoms with Crippen molar-refractivity contribution in [2.24, 2.45) is 0 Å². The second kappa shape index (κ2) is 22.3. The molecule has 9 rings (SSSR count). The highest BCUT2D eigenvalue weighted by molar-refractivity contribution is 8.09. The molecule has 2 saturated heterocycles. The molecule has 3 aliphatic heterocycles. The predicted molar refractivity (Wildman–Crippen MR) is 309 cm³/mol. The second-order valence-corrected chi connectivity index (χ2v) is 36.8. The molecular formula is C55H75N8O12PSSi2. The third-order valence-corrected chi connectivity index (χ3v) is 28.7. The molecule has 20 nitrogen and oxygen atoms in total. The normalized spacial score (nSPS) is 24.0. The maximum atomic E-state index is 14.2. The van der Waals surface area contributed by atoms with Crippen LogP contribution >= 0.6 is 6.64 Å². The number of hydrogen-bond acceptors (Lipinski definition) is 15. The van der Waals surface area contributed by atoms with Gasteiger partial charge in [0.05, 0.1) is 43.7 Å². The van der Waals surface area contributed by atoms with E-state index in [1.807, 2.05) is 58.9 Å². The first-order valence-corrected chi connectivity index (χ1v) is 35.2. The molecular weight excluding hydrogens is 1080 g/mol. The van der Waals surface area contributed by atoms with E-state index in [-0.39, 0.29) is 42.6 Å². The van der Waals surface area contributed by atoms with Gasteiger partial charge in [0.25, 0.3) is 17.8 Å². The van der Waals surface area contributed by atoms with E-state index in [0.29, 0.717) is 34.7 Å². The van der Waals surface area contributed by atoms with Crippen LogP contribution in [0.25, 0.3) is 10.9 Å². The maximum Gasteiger partial charge on any atom is 0.330 e. The van der Waals surface area contributed by atoms with Crippen molar-refractivity contribution >= 4 is 52.0 Å². The summed E-state index contributed by atoms with van der Waals surface area (Å²) in [5, 5.41) is 0.413. The van der Waals surface area contributed by atoms with Gasteiger partial charge >= 0.3 is 17.3 Å². The number of esters is 1. The minimum absolute atomic E-state index is 0.0818. The van der Waals surface area contributed by atoms with Gasteiger partial charge in [0.1, 0.15) is 42.6 Å². The van der Waals surface area contributed by atoms with Crippen LogP contribution in [0.4, 0.5) is 0 Å². The molecule has 7 heterocycles. The largest absolute Gasteiger partial charge is 0.468 e. The summed E-state index contributed by atoms with van der Waals surface area (Å²) in [5.41, 5.74) is 1.49. The third-order valence-electron chi connectivity index (χ3n) is 16.7. The molecule has 0 spiro atoms. The zero-order valence-corrected chi connectivity index (χ0v) is 51.1. The van der Waals surface area contributed by atoms with Crippen LogP contribution in [-0.4, -0.2) is 112 Å². The van der Waals surface area contributed by atoms with E-state index in [1.54, 1.807) is 26.2 Å². The Morgan fingerprint density at radius 3 is 1.94 bits per heavy atom. The smallest absolute Gasteiger partial charge is 0.330 e. The van der Waals surface area contributed by atoms with Crippen molar-refractivity contribution < 1.29 is 36.9 Å². The topological polar surface area (TPSA) is 228 Å². The maximum absolute atomic E-state index is 14.2. The number of methoxy groups -OCH3 is 1.